The average Bonchev–Trinajstić information content (AvgIpc) is 2.62. The zero-order chi connectivity index (χ0) is 17.6. The van der Waals surface area contributed by atoms with Gasteiger partial charge in [0, 0.05) is 20.0 Å². The molecular weight excluding hydrogens is 326 g/mol. The number of rotatable bonds is 7. The monoisotopic (exact) mass is 353 g/mol. The molecule has 0 N–H and O–H groups in total. The quantitative estimate of drug-likeness (QED) is 0.706. The first-order valence-electron chi connectivity index (χ1n) is 8.58. The molecule has 0 atom stereocenters. The SMILES string of the molecule is COC(=O)CCCN(C)S(=O)(=O)c1ccc(C2CCCCC2)cc1. The van der Waals surface area contributed by atoms with Crippen LogP contribution < -0.4 is 0 Å². The van der Waals surface area contributed by atoms with Gasteiger partial charge in [-0.15, -0.1) is 0 Å². The molecule has 0 radical (unpaired) electrons. The van der Waals surface area contributed by atoms with E-state index >= 15 is 0 Å². The van der Waals surface area contributed by atoms with Crippen LogP contribution in [0.2, 0.25) is 0 Å². The number of hydrogen-bond donors (Lipinski definition) is 0. The normalized spacial score (nSPS) is 16.3. The van der Waals surface area contributed by atoms with Gasteiger partial charge in [-0.3, -0.25) is 4.79 Å². The van der Waals surface area contributed by atoms with E-state index in [0.29, 0.717) is 23.8 Å². The molecule has 1 aromatic carbocycles. The second-order valence-electron chi connectivity index (χ2n) is 6.41. The fourth-order valence-electron chi connectivity index (χ4n) is 3.20. The molecule has 5 nitrogen and oxygen atoms in total. The lowest BCUT2D eigenvalue weighted by Crippen LogP contribution is -2.28. The van der Waals surface area contributed by atoms with Crippen molar-refractivity contribution in [2.24, 2.45) is 0 Å². The Morgan fingerprint density at radius 2 is 1.79 bits per heavy atom. The number of carbonyl (C=O) groups is 1. The molecule has 0 unspecified atom stereocenters. The summed E-state index contributed by atoms with van der Waals surface area (Å²) in [5.41, 5.74) is 1.24. The van der Waals surface area contributed by atoms with Gasteiger partial charge in [-0.2, -0.15) is 0 Å². The Labute approximate surface area is 145 Å². The van der Waals surface area contributed by atoms with Crippen LogP contribution >= 0.6 is 0 Å². The van der Waals surface area contributed by atoms with E-state index in [1.54, 1.807) is 19.2 Å². The molecule has 1 aliphatic carbocycles. The van der Waals surface area contributed by atoms with Crippen molar-refractivity contribution in [2.75, 3.05) is 20.7 Å². The number of methoxy groups -OCH3 is 1. The van der Waals surface area contributed by atoms with Gasteiger partial charge in [0.15, 0.2) is 0 Å². The number of ether oxygens (including phenoxy) is 1. The molecule has 0 aliphatic heterocycles. The Bertz CT molecular complexity index is 633. The molecule has 0 aromatic heterocycles. The van der Waals surface area contributed by atoms with E-state index < -0.39 is 10.0 Å². The van der Waals surface area contributed by atoms with Gasteiger partial charge >= 0.3 is 5.97 Å². The van der Waals surface area contributed by atoms with Crippen LogP contribution in [0.25, 0.3) is 0 Å². The third-order valence-corrected chi connectivity index (χ3v) is 6.62. The summed E-state index contributed by atoms with van der Waals surface area (Å²) in [7, 11) is -0.637. The zero-order valence-corrected chi connectivity index (χ0v) is 15.3. The van der Waals surface area contributed by atoms with Crippen LogP contribution in [0.15, 0.2) is 29.2 Å². The Kier molecular flexibility index (Phi) is 6.80. The van der Waals surface area contributed by atoms with Crippen LogP contribution in [-0.4, -0.2) is 39.4 Å². The topological polar surface area (TPSA) is 63.7 Å². The standard InChI is InChI=1S/C18H27NO4S/c1-19(14-6-9-18(20)23-2)24(21,22)17-12-10-16(11-13-17)15-7-4-3-5-8-15/h10-13,15H,3-9,14H2,1-2H3. The molecule has 0 bridgehead atoms. The number of hydrogen-bond acceptors (Lipinski definition) is 4. The van der Waals surface area contributed by atoms with Gasteiger partial charge < -0.3 is 4.74 Å². The lowest BCUT2D eigenvalue weighted by molar-refractivity contribution is -0.140. The molecule has 134 valence electrons. The Balaban J connectivity index is 1.99. The predicted molar refractivity (Wildman–Crippen MR) is 93.3 cm³/mol. The minimum absolute atomic E-state index is 0.219. The molecule has 0 spiro atoms. The lowest BCUT2D eigenvalue weighted by atomic mass is 9.84. The highest BCUT2D eigenvalue weighted by molar-refractivity contribution is 7.89. The van der Waals surface area contributed by atoms with Gasteiger partial charge in [-0.1, -0.05) is 31.4 Å². The van der Waals surface area contributed by atoms with Crippen molar-refractivity contribution in [1.82, 2.24) is 4.31 Å². The Hall–Kier alpha value is -1.40. The summed E-state index contributed by atoms with van der Waals surface area (Å²) in [6.45, 7) is 0.293. The fourth-order valence-corrected chi connectivity index (χ4v) is 4.41. The predicted octanol–water partition coefficient (Wildman–Crippen LogP) is 3.31. The largest absolute Gasteiger partial charge is 0.469 e. The minimum atomic E-state index is -3.51. The van der Waals surface area contributed by atoms with Gasteiger partial charge in [-0.05, 0) is 42.9 Å². The van der Waals surface area contributed by atoms with Crippen LogP contribution in [0.4, 0.5) is 0 Å². The first kappa shape index (κ1) is 18.9. The van der Waals surface area contributed by atoms with Crippen molar-refractivity contribution in [3.63, 3.8) is 0 Å². The van der Waals surface area contributed by atoms with Crippen molar-refractivity contribution < 1.29 is 17.9 Å². The smallest absolute Gasteiger partial charge is 0.305 e. The average molecular weight is 353 g/mol. The van der Waals surface area contributed by atoms with Crippen molar-refractivity contribution in [3.05, 3.63) is 29.8 Å². The maximum atomic E-state index is 12.6. The van der Waals surface area contributed by atoms with Gasteiger partial charge in [0.2, 0.25) is 10.0 Å². The van der Waals surface area contributed by atoms with E-state index in [1.165, 1.54) is 49.1 Å². The number of benzene rings is 1. The molecule has 1 saturated carbocycles. The first-order valence-corrected chi connectivity index (χ1v) is 10.0. The fraction of sp³-hybridized carbons (Fsp3) is 0.611. The van der Waals surface area contributed by atoms with Crippen LogP contribution in [0.1, 0.15) is 56.4 Å². The Morgan fingerprint density at radius 3 is 2.38 bits per heavy atom. The molecule has 0 amide bonds. The van der Waals surface area contributed by atoms with E-state index in [4.69, 9.17) is 0 Å². The molecular formula is C18H27NO4S. The van der Waals surface area contributed by atoms with Crippen molar-refractivity contribution in [1.29, 1.82) is 0 Å². The third-order valence-electron chi connectivity index (χ3n) is 4.75. The van der Waals surface area contributed by atoms with Crippen LogP contribution in [0.3, 0.4) is 0 Å². The van der Waals surface area contributed by atoms with E-state index in [0.717, 1.165) is 0 Å². The second-order valence-corrected chi connectivity index (χ2v) is 8.46. The van der Waals surface area contributed by atoms with Gasteiger partial charge in [0.1, 0.15) is 0 Å². The van der Waals surface area contributed by atoms with E-state index in [1.807, 2.05) is 12.1 Å². The van der Waals surface area contributed by atoms with Crippen molar-refractivity contribution in [3.8, 4) is 0 Å². The summed E-state index contributed by atoms with van der Waals surface area (Å²) in [6.07, 6.45) is 6.87. The highest BCUT2D eigenvalue weighted by Gasteiger charge is 2.22. The molecule has 1 aliphatic rings. The third kappa shape index (κ3) is 4.80. The van der Waals surface area contributed by atoms with Crippen molar-refractivity contribution >= 4 is 16.0 Å². The summed E-state index contributed by atoms with van der Waals surface area (Å²) >= 11 is 0. The Morgan fingerprint density at radius 1 is 1.17 bits per heavy atom. The molecule has 6 heteroatoms. The van der Waals surface area contributed by atoms with Crippen LogP contribution in [-0.2, 0) is 19.6 Å². The number of esters is 1. The zero-order valence-electron chi connectivity index (χ0n) is 14.5. The van der Waals surface area contributed by atoms with Gasteiger partial charge in [-0.25, -0.2) is 12.7 Å². The van der Waals surface area contributed by atoms with Crippen LogP contribution in [0, 0.1) is 0 Å². The first-order chi connectivity index (χ1) is 11.4. The van der Waals surface area contributed by atoms with Crippen LogP contribution in [0.5, 0.6) is 0 Å². The summed E-state index contributed by atoms with van der Waals surface area (Å²) in [5, 5.41) is 0. The maximum Gasteiger partial charge on any atom is 0.305 e. The number of nitrogens with zero attached hydrogens (tertiary/aromatic N) is 1. The summed E-state index contributed by atoms with van der Waals surface area (Å²) in [4.78, 5) is 11.4. The molecule has 0 heterocycles. The molecule has 24 heavy (non-hydrogen) atoms. The summed E-state index contributed by atoms with van der Waals surface area (Å²) in [6, 6.07) is 7.31. The molecule has 0 saturated heterocycles. The summed E-state index contributed by atoms with van der Waals surface area (Å²) in [5.74, 6) is 0.242. The lowest BCUT2D eigenvalue weighted by Gasteiger charge is -2.22. The number of sulfonamides is 1. The molecule has 2 rings (SSSR count). The second kappa shape index (κ2) is 8.62. The van der Waals surface area contributed by atoms with E-state index in [9.17, 15) is 13.2 Å². The van der Waals surface area contributed by atoms with E-state index in [2.05, 4.69) is 4.74 Å². The summed E-state index contributed by atoms with van der Waals surface area (Å²) < 4.78 is 31.0. The van der Waals surface area contributed by atoms with E-state index in [-0.39, 0.29) is 12.4 Å². The minimum Gasteiger partial charge on any atom is -0.469 e. The molecule has 1 fully saturated rings. The highest BCUT2D eigenvalue weighted by Crippen LogP contribution is 2.33. The van der Waals surface area contributed by atoms with Gasteiger partial charge in [0.05, 0.1) is 12.0 Å². The highest BCUT2D eigenvalue weighted by atomic mass is 32.2. The number of carbonyl (C=O) groups excluding carboxylic acids is 1. The van der Waals surface area contributed by atoms with Gasteiger partial charge in [0.25, 0.3) is 0 Å². The maximum absolute atomic E-state index is 12.6. The van der Waals surface area contributed by atoms with Crippen molar-refractivity contribution in [2.45, 2.75) is 55.8 Å². The molecule has 1 aromatic rings.